The van der Waals surface area contributed by atoms with Crippen LogP contribution in [0.2, 0.25) is 5.15 Å². The van der Waals surface area contributed by atoms with E-state index in [0.29, 0.717) is 5.69 Å². The van der Waals surface area contributed by atoms with Gasteiger partial charge in [0, 0.05) is 30.5 Å². The van der Waals surface area contributed by atoms with Gasteiger partial charge < -0.3 is 15.4 Å². The summed E-state index contributed by atoms with van der Waals surface area (Å²) in [7, 11) is -3.85. The summed E-state index contributed by atoms with van der Waals surface area (Å²) >= 11 is 5.78. The molecule has 1 heterocycles. The fraction of sp³-hybridized carbons (Fsp3) is 0.316. The van der Waals surface area contributed by atoms with Crippen molar-refractivity contribution in [2.24, 2.45) is 0 Å². The first-order valence-corrected chi connectivity index (χ1v) is 10.8. The molecule has 0 aliphatic rings. The third kappa shape index (κ3) is 7.62. The van der Waals surface area contributed by atoms with Crippen molar-refractivity contribution in [2.45, 2.75) is 31.3 Å². The summed E-state index contributed by atoms with van der Waals surface area (Å²) in [6.45, 7) is 5.19. The number of ether oxygens (including phenoxy) is 1. The summed E-state index contributed by atoms with van der Waals surface area (Å²) in [5.41, 5.74) is -0.0620. The summed E-state index contributed by atoms with van der Waals surface area (Å²) in [4.78, 5) is 27.6. The monoisotopic (exact) mass is 454 g/mol. The first-order chi connectivity index (χ1) is 14.0. The molecule has 0 aliphatic heterocycles. The molecule has 0 bridgehead atoms. The standard InChI is InChI=1S/C19H23ClN4O5S/c1-19(2,3)29-18(26)22-9-10-23-30(27,28)15-6-4-5-14(12-15)24-17(25)13-7-8-21-16(20)11-13/h4-8,11-12,23H,9-10H2,1-3H3,(H,22,26)(H,24,25). The summed E-state index contributed by atoms with van der Waals surface area (Å²) < 4.78 is 32.4. The largest absolute Gasteiger partial charge is 0.444 e. The molecule has 11 heteroatoms. The van der Waals surface area contributed by atoms with Crippen molar-refractivity contribution in [3.05, 3.63) is 53.3 Å². The number of aromatic nitrogens is 1. The van der Waals surface area contributed by atoms with Crippen molar-refractivity contribution in [1.29, 1.82) is 0 Å². The number of hydrogen-bond donors (Lipinski definition) is 3. The lowest BCUT2D eigenvalue weighted by atomic mass is 10.2. The van der Waals surface area contributed by atoms with E-state index in [-0.39, 0.29) is 28.7 Å². The average molecular weight is 455 g/mol. The lowest BCUT2D eigenvalue weighted by molar-refractivity contribution is 0.0528. The van der Waals surface area contributed by atoms with Crippen LogP contribution in [0.5, 0.6) is 0 Å². The lowest BCUT2D eigenvalue weighted by Crippen LogP contribution is -2.37. The van der Waals surface area contributed by atoms with E-state index < -0.39 is 27.6 Å². The van der Waals surface area contributed by atoms with Gasteiger partial charge >= 0.3 is 6.09 Å². The van der Waals surface area contributed by atoms with E-state index in [1.165, 1.54) is 36.5 Å². The van der Waals surface area contributed by atoms with E-state index in [9.17, 15) is 18.0 Å². The minimum Gasteiger partial charge on any atom is -0.444 e. The molecule has 0 aliphatic carbocycles. The third-order valence-electron chi connectivity index (χ3n) is 3.48. The zero-order valence-electron chi connectivity index (χ0n) is 16.7. The van der Waals surface area contributed by atoms with Crippen LogP contribution in [0.4, 0.5) is 10.5 Å². The van der Waals surface area contributed by atoms with Crippen molar-refractivity contribution in [3.63, 3.8) is 0 Å². The van der Waals surface area contributed by atoms with Crippen molar-refractivity contribution in [1.82, 2.24) is 15.0 Å². The van der Waals surface area contributed by atoms with Crippen LogP contribution in [0, 0.1) is 0 Å². The number of amides is 2. The van der Waals surface area contributed by atoms with E-state index in [1.807, 2.05) is 0 Å². The Balaban J connectivity index is 1.95. The Morgan fingerprint density at radius 1 is 1.13 bits per heavy atom. The van der Waals surface area contributed by atoms with Gasteiger partial charge in [0.05, 0.1) is 4.90 Å². The quantitative estimate of drug-likeness (QED) is 0.436. The van der Waals surface area contributed by atoms with E-state index in [4.69, 9.17) is 16.3 Å². The number of carbonyl (C=O) groups is 2. The fourth-order valence-electron chi connectivity index (χ4n) is 2.24. The van der Waals surface area contributed by atoms with Crippen molar-refractivity contribution < 1.29 is 22.7 Å². The molecule has 0 unspecified atom stereocenters. The van der Waals surface area contributed by atoms with Gasteiger partial charge in [-0.05, 0) is 51.1 Å². The van der Waals surface area contributed by atoms with Crippen LogP contribution in [0.1, 0.15) is 31.1 Å². The molecule has 9 nitrogen and oxygen atoms in total. The molecule has 0 radical (unpaired) electrons. The number of sulfonamides is 1. The Hall–Kier alpha value is -2.69. The van der Waals surface area contributed by atoms with Crippen molar-refractivity contribution >= 4 is 39.3 Å². The number of anilines is 1. The molecular weight excluding hydrogens is 432 g/mol. The van der Waals surface area contributed by atoms with Gasteiger partial charge in [0.15, 0.2) is 0 Å². The number of rotatable bonds is 7. The summed E-state index contributed by atoms with van der Waals surface area (Å²) in [5, 5.41) is 5.24. The molecule has 0 spiro atoms. The van der Waals surface area contributed by atoms with Gasteiger partial charge in [-0.25, -0.2) is 22.9 Å². The van der Waals surface area contributed by atoms with E-state index in [1.54, 1.807) is 26.8 Å². The number of benzene rings is 1. The van der Waals surface area contributed by atoms with Crippen LogP contribution < -0.4 is 15.4 Å². The van der Waals surface area contributed by atoms with Gasteiger partial charge in [-0.3, -0.25) is 4.79 Å². The summed E-state index contributed by atoms with van der Waals surface area (Å²) in [5.74, 6) is -0.455. The van der Waals surface area contributed by atoms with Crippen molar-refractivity contribution in [2.75, 3.05) is 18.4 Å². The van der Waals surface area contributed by atoms with Crippen LogP contribution in [0.15, 0.2) is 47.5 Å². The second-order valence-corrected chi connectivity index (χ2v) is 9.33. The summed E-state index contributed by atoms with van der Waals surface area (Å²) in [6.07, 6.45) is 0.760. The molecule has 30 heavy (non-hydrogen) atoms. The Kier molecular flexibility index (Phi) is 7.77. The highest BCUT2D eigenvalue weighted by Gasteiger charge is 2.17. The third-order valence-corrected chi connectivity index (χ3v) is 5.14. The maximum absolute atomic E-state index is 12.5. The van der Waals surface area contributed by atoms with Crippen LogP contribution >= 0.6 is 11.6 Å². The van der Waals surface area contributed by atoms with Crippen LogP contribution in [-0.2, 0) is 14.8 Å². The topological polar surface area (TPSA) is 126 Å². The van der Waals surface area contributed by atoms with Gasteiger partial charge in [0.2, 0.25) is 10.0 Å². The van der Waals surface area contributed by atoms with Gasteiger partial charge in [0.25, 0.3) is 5.91 Å². The Morgan fingerprint density at radius 3 is 2.53 bits per heavy atom. The normalized spacial score (nSPS) is 11.6. The van der Waals surface area contributed by atoms with E-state index in [2.05, 4.69) is 20.3 Å². The smallest absolute Gasteiger partial charge is 0.407 e. The Morgan fingerprint density at radius 2 is 1.87 bits per heavy atom. The number of alkyl carbamates (subject to hydrolysis) is 1. The molecule has 0 saturated heterocycles. The zero-order chi connectivity index (χ0) is 22.4. The molecule has 0 atom stereocenters. The first kappa shape index (κ1) is 23.6. The molecule has 2 rings (SSSR count). The van der Waals surface area contributed by atoms with Gasteiger partial charge in [-0.1, -0.05) is 17.7 Å². The highest BCUT2D eigenvalue weighted by Crippen LogP contribution is 2.17. The molecule has 1 aromatic heterocycles. The van der Waals surface area contributed by atoms with Crippen molar-refractivity contribution in [3.8, 4) is 0 Å². The highest BCUT2D eigenvalue weighted by molar-refractivity contribution is 7.89. The minimum atomic E-state index is -3.85. The van der Waals surface area contributed by atoms with E-state index in [0.717, 1.165) is 0 Å². The molecule has 0 fully saturated rings. The molecule has 162 valence electrons. The average Bonchev–Trinajstić information content (AvgIpc) is 2.64. The number of nitrogens with one attached hydrogen (secondary N) is 3. The second kappa shape index (κ2) is 9.88. The highest BCUT2D eigenvalue weighted by atomic mass is 35.5. The predicted octanol–water partition coefficient (Wildman–Crippen LogP) is 2.79. The maximum Gasteiger partial charge on any atom is 0.407 e. The number of hydrogen-bond acceptors (Lipinski definition) is 6. The molecule has 2 amide bonds. The number of halogens is 1. The van der Waals surface area contributed by atoms with Crippen LogP contribution in [0.3, 0.4) is 0 Å². The number of nitrogens with zero attached hydrogens (tertiary/aromatic N) is 1. The molecule has 2 aromatic rings. The minimum absolute atomic E-state index is 0.0341. The van der Waals surface area contributed by atoms with Gasteiger partial charge in [0.1, 0.15) is 10.8 Å². The number of pyridine rings is 1. The van der Waals surface area contributed by atoms with Gasteiger partial charge in [-0.15, -0.1) is 0 Å². The van der Waals surface area contributed by atoms with Gasteiger partial charge in [-0.2, -0.15) is 0 Å². The van der Waals surface area contributed by atoms with Crippen LogP contribution in [-0.4, -0.2) is 44.1 Å². The molecule has 3 N–H and O–H groups in total. The molecule has 1 aromatic carbocycles. The summed E-state index contributed by atoms with van der Waals surface area (Å²) in [6, 6.07) is 8.66. The fourth-order valence-corrected chi connectivity index (χ4v) is 3.49. The molecule has 0 saturated carbocycles. The van der Waals surface area contributed by atoms with E-state index >= 15 is 0 Å². The lowest BCUT2D eigenvalue weighted by Gasteiger charge is -2.19. The maximum atomic E-state index is 12.5. The number of carbonyl (C=O) groups excluding carboxylic acids is 2. The van der Waals surface area contributed by atoms with Crippen LogP contribution in [0.25, 0.3) is 0 Å². The molecular formula is C19H23ClN4O5S. The SMILES string of the molecule is CC(C)(C)OC(=O)NCCNS(=O)(=O)c1cccc(NC(=O)c2ccnc(Cl)c2)c1. The Bertz CT molecular complexity index is 1020. The zero-order valence-corrected chi connectivity index (χ0v) is 18.3. The Labute approximate surface area is 180 Å². The predicted molar refractivity (Wildman–Crippen MR) is 113 cm³/mol. The first-order valence-electron chi connectivity index (χ1n) is 8.96. The second-order valence-electron chi connectivity index (χ2n) is 7.18.